The molecule has 7 nitrogen and oxygen atoms in total. The van der Waals surface area contributed by atoms with Crippen molar-refractivity contribution >= 4 is 44.2 Å². The Bertz CT molecular complexity index is 1140. The minimum atomic E-state index is -4.39. The summed E-state index contributed by atoms with van der Waals surface area (Å²) >= 11 is 12.4. The first kappa shape index (κ1) is 24.0. The molecule has 0 saturated carbocycles. The van der Waals surface area contributed by atoms with E-state index in [2.05, 4.69) is 29.2 Å². The highest BCUT2D eigenvalue weighted by molar-refractivity contribution is 8.06. The van der Waals surface area contributed by atoms with Gasteiger partial charge in [0.2, 0.25) is 0 Å². The SMILES string of the molecule is NC(=O)S(=O)(=O)c1cc(Cl)c(C(=O)N2CC3CN(CCCc4ccccc4)C[C@H]3C2)c(Cl)c1. The standard InChI is InChI=1S/C23H25Cl2N3O4S/c24-19-9-18(33(31,32)23(26)30)10-20(25)21(19)22(29)28-13-16-11-27(12-17(16)14-28)8-4-7-15-5-2-1-3-6-15/h1-3,5-6,9-10,16-17H,4,7-8,11-14H2,(H2,26,30)/t16-,17?/m0/s1. The van der Waals surface area contributed by atoms with Crippen LogP contribution in [0.3, 0.4) is 0 Å². The summed E-state index contributed by atoms with van der Waals surface area (Å²) in [6, 6.07) is 12.5. The summed E-state index contributed by atoms with van der Waals surface area (Å²) in [5.74, 6) is 0.438. The van der Waals surface area contributed by atoms with Crippen LogP contribution in [0.1, 0.15) is 22.3 Å². The van der Waals surface area contributed by atoms with Crippen molar-refractivity contribution in [1.29, 1.82) is 0 Å². The number of hydrogen-bond donors (Lipinski definition) is 1. The van der Waals surface area contributed by atoms with Crippen LogP contribution < -0.4 is 5.73 Å². The summed E-state index contributed by atoms with van der Waals surface area (Å²) in [6.07, 6.45) is 2.15. The number of benzene rings is 2. The first-order chi connectivity index (χ1) is 15.7. The number of hydrogen-bond acceptors (Lipinski definition) is 5. The largest absolute Gasteiger partial charge is 0.356 e. The highest BCUT2D eigenvalue weighted by Gasteiger charge is 2.42. The van der Waals surface area contributed by atoms with E-state index in [9.17, 15) is 18.0 Å². The van der Waals surface area contributed by atoms with Gasteiger partial charge in [-0.25, -0.2) is 8.42 Å². The number of sulfone groups is 1. The van der Waals surface area contributed by atoms with Gasteiger partial charge in [-0.15, -0.1) is 0 Å². The van der Waals surface area contributed by atoms with Crippen molar-refractivity contribution in [3.63, 3.8) is 0 Å². The number of carbonyl (C=O) groups excluding carboxylic acids is 2. The average Bonchev–Trinajstić information content (AvgIpc) is 3.32. The Hall–Kier alpha value is -2.13. The molecule has 0 aliphatic carbocycles. The summed E-state index contributed by atoms with van der Waals surface area (Å²) in [5, 5.41) is -1.74. The molecule has 0 spiro atoms. The lowest BCUT2D eigenvalue weighted by Gasteiger charge is -2.22. The minimum Gasteiger partial charge on any atom is -0.356 e. The van der Waals surface area contributed by atoms with Gasteiger partial charge in [0, 0.05) is 26.2 Å². The van der Waals surface area contributed by atoms with E-state index in [0.717, 1.165) is 44.6 Å². The Morgan fingerprint density at radius 1 is 0.970 bits per heavy atom. The molecule has 2 fully saturated rings. The van der Waals surface area contributed by atoms with Crippen LogP contribution in [0.2, 0.25) is 10.0 Å². The van der Waals surface area contributed by atoms with Gasteiger partial charge in [0.15, 0.2) is 0 Å². The average molecular weight is 510 g/mol. The van der Waals surface area contributed by atoms with E-state index in [-0.39, 0.29) is 21.5 Å². The second kappa shape index (κ2) is 9.62. The van der Waals surface area contributed by atoms with Gasteiger partial charge in [0.1, 0.15) is 0 Å². The lowest BCUT2D eigenvalue weighted by Crippen LogP contribution is -2.34. The number of nitrogens with two attached hydrogens (primary N) is 1. The van der Waals surface area contributed by atoms with Crippen molar-refractivity contribution in [2.24, 2.45) is 17.6 Å². The van der Waals surface area contributed by atoms with Crippen LogP contribution in [-0.4, -0.2) is 62.1 Å². The van der Waals surface area contributed by atoms with Crippen LogP contribution in [-0.2, 0) is 16.3 Å². The monoisotopic (exact) mass is 509 g/mol. The molecule has 2 aromatic rings. The van der Waals surface area contributed by atoms with Crippen molar-refractivity contribution in [2.75, 3.05) is 32.7 Å². The number of likely N-dealkylation sites (tertiary alicyclic amines) is 2. The maximum Gasteiger partial charge on any atom is 0.338 e. The topological polar surface area (TPSA) is 101 Å². The fourth-order valence-electron chi connectivity index (χ4n) is 4.77. The Kier molecular flexibility index (Phi) is 7.00. The van der Waals surface area contributed by atoms with E-state index < -0.39 is 20.0 Å². The van der Waals surface area contributed by atoms with Gasteiger partial charge in [-0.05, 0) is 48.9 Å². The minimum absolute atomic E-state index is 0.0430. The van der Waals surface area contributed by atoms with Crippen LogP contribution in [0.15, 0.2) is 47.4 Å². The van der Waals surface area contributed by atoms with E-state index >= 15 is 0 Å². The van der Waals surface area contributed by atoms with Gasteiger partial charge >= 0.3 is 5.24 Å². The molecule has 4 rings (SSSR count). The van der Waals surface area contributed by atoms with Crippen molar-refractivity contribution in [3.05, 3.63) is 63.6 Å². The molecule has 2 aromatic carbocycles. The zero-order valence-corrected chi connectivity index (χ0v) is 20.2. The lowest BCUT2D eigenvalue weighted by molar-refractivity contribution is 0.0774. The molecular formula is C23H25Cl2N3O4S. The number of carbonyl (C=O) groups is 2. The van der Waals surface area contributed by atoms with Crippen molar-refractivity contribution in [2.45, 2.75) is 17.7 Å². The van der Waals surface area contributed by atoms with E-state index in [4.69, 9.17) is 28.9 Å². The number of rotatable bonds is 6. The van der Waals surface area contributed by atoms with Crippen LogP contribution in [0.5, 0.6) is 0 Å². The molecule has 176 valence electrons. The van der Waals surface area contributed by atoms with Crippen molar-refractivity contribution in [3.8, 4) is 0 Å². The molecule has 0 bridgehead atoms. The van der Waals surface area contributed by atoms with Gasteiger partial charge < -0.3 is 15.5 Å². The first-order valence-corrected chi connectivity index (χ1v) is 13.0. The number of fused-ring (bicyclic) bond motifs is 1. The third kappa shape index (κ3) is 5.04. The number of amides is 2. The summed E-state index contributed by atoms with van der Waals surface area (Å²) in [4.78, 5) is 28.1. The Morgan fingerprint density at radius 2 is 1.55 bits per heavy atom. The number of aryl methyl sites for hydroxylation is 1. The van der Waals surface area contributed by atoms with E-state index in [1.54, 1.807) is 4.90 Å². The first-order valence-electron chi connectivity index (χ1n) is 10.8. The molecule has 2 N–H and O–H groups in total. The summed E-state index contributed by atoms with van der Waals surface area (Å²) < 4.78 is 24.0. The predicted molar refractivity (Wildman–Crippen MR) is 127 cm³/mol. The van der Waals surface area contributed by atoms with Crippen molar-refractivity contribution < 1.29 is 18.0 Å². The highest BCUT2D eigenvalue weighted by Crippen LogP contribution is 2.35. The van der Waals surface area contributed by atoms with Crippen LogP contribution in [0.4, 0.5) is 4.79 Å². The second-order valence-electron chi connectivity index (χ2n) is 8.66. The molecule has 2 aliphatic rings. The van der Waals surface area contributed by atoms with Gasteiger partial charge in [0.05, 0.1) is 20.5 Å². The molecule has 33 heavy (non-hydrogen) atoms. The van der Waals surface area contributed by atoms with Crippen molar-refractivity contribution in [1.82, 2.24) is 9.80 Å². The zero-order chi connectivity index (χ0) is 23.8. The molecule has 0 aromatic heterocycles. The third-order valence-corrected chi connectivity index (χ3v) is 8.42. The fourth-order valence-corrected chi connectivity index (χ4v) is 6.33. The maximum absolute atomic E-state index is 13.1. The normalized spacial score (nSPS) is 20.7. The van der Waals surface area contributed by atoms with Crippen LogP contribution >= 0.6 is 23.2 Å². The van der Waals surface area contributed by atoms with E-state index in [1.165, 1.54) is 5.56 Å². The van der Waals surface area contributed by atoms with Crippen LogP contribution in [0.25, 0.3) is 0 Å². The molecule has 2 saturated heterocycles. The van der Waals surface area contributed by atoms with Gasteiger partial charge in [-0.2, -0.15) is 0 Å². The molecule has 2 amide bonds. The molecular weight excluding hydrogens is 485 g/mol. The lowest BCUT2D eigenvalue weighted by atomic mass is 10.0. The number of primary amides is 1. The Labute approximate surface area is 203 Å². The van der Waals surface area contributed by atoms with Gasteiger partial charge in [0.25, 0.3) is 15.7 Å². The summed E-state index contributed by atoms with van der Waals surface area (Å²) in [6.45, 7) is 4.13. The number of nitrogens with zero attached hydrogens (tertiary/aromatic N) is 2. The summed E-state index contributed by atoms with van der Waals surface area (Å²) in [5.41, 5.74) is 6.32. The zero-order valence-electron chi connectivity index (χ0n) is 17.9. The van der Waals surface area contributed by atoms with Crippen LogP contribution in [0, 0.1) is 11.8 Å². The smallest absolute Gasteiger partial charge is 0.338 e. The summed E-state index contributed by atoms with van der Waals surface area (Å²) in [7, 11) is -4.39. The molecule has 2 aliphatic heterocycles. The fraction of sp³-hybridized carbons (Fsp3) is 0.391. The second-order valence-corrected chi connectivity index (χ2v) is 11.4. The molecule has 10 heteroatoms. The molecule has 1 unspecified atom stereocenters. The number of halogens is 2. The van der Waals surface area contributed by atoms with E-state index in [1.807, 2.05) is 6.07 Å². The molecule has 0 radical (unpaired) electrons. The Balaban J connectivity index is 1.36. The van der Waals surface area contributed by atoms with E-state index in [0.29, 0.717) is 24.9 Å². The highest BCUT2D eigenvalue weighted by atomic mass is 35.5. The quantitative estimate of drug-likeness (QED) is 0.642. The maximum atomic E-state index is 13.1. The Morgan fingerprint density at radius 3 is 2.09 bits per heavy atom. The van der Waals surface area contributed by atoms with Gasteiger partial charge in [-0.3, -0.25) is 9.59 Å². The molecule has 2 atom stereocenters. The predicted octanol–water partition coefficient (Wildman–Crippen LogP) is 3.48. The van der Waals surface area contributed by atoms with Gasteiger partial charge in [-0.1, -0.05) is 53.5 Å². The molecule has 2 heterocycles. The third-order valence-electron chi connectivity index (χ3n) is 6.44.